The van der Waals surface area contributed by atoms with Gasteiger partial charge in [-0.1, -0.05) is 0 Å². The molecule has 0 aliphatic rings. The van der Waals surface area contributed by atoms with E-state index in [0.29, 0.717) is 6.61 Å². The minimum atomic E-state index is -1.16. The monoisotopic (exact) mass is 205 g/mol. The van der Waals surface area contributed by atoms with Gasteiger partial charge in [0.05, 0.1) is 0 Å². The van der Waals surface area contributed by atoms with Crippen molar-refractivity contribution in [3.8, 4) is 0 Å². The highest BCUT2D eigenvalue weighted by Crippen LogP contribution is 1.91. The van der Waals surface area contributed by atoms with E-state index in [2.05, 4.69) is 5.32 Å². The molecule has 0 aliphatic carbocycles. The summed E-state index contributed by atoms with van der Waals surface area (Å²) in [5.74, 6) is -1.66. The molecule has 3 N–H and O–H groups in total. The van der Waals surface area contributed by atoms with Crippen LogP contribution in [0.25, 0.3) is 0 Å². The molecular formula is C8H15NO5. The van der Waals surface area contributed by atoms with E-state index in [1.54, 1.807) is 6.92 Å². The normalized spacial score (nSPS) is 12.1. The molecule has 0 fully saturated rings. The molecule has 1 amide bonds. The number of aliphatic hydroxyl groups excluding tert-OH is 1. The lowest BCUT2D eigenvalue weighted by atomic mass is 10.2. The Kier molecular flexibility index (Phi) is 6.69. The molecule has 0 saturated carbocycles. The number of carboxylic acid groups (broad SMARTS) is 1. The number of rotatable bonds is 7. The summed E-state index contributed by atoms with van der Waals surface area (Å²) in [6.07, 6.45) is -0.00675. The molecule has 1 atom stereocenters. The number of hydrogen-bond acceptors (Lipinski definition) is 4. The van der Waals surface area contributed by atoms with E-state index < -0.39 is 17.9 Å². The van der Waals surface area contributed by atoms with Gasteiger partial charge in [-0.2, -0.15) is 0 Å². The van der Waals surface area contributed by atoms with E-state index in [-0.39, 0.29) is 19.6 Å². The Hall–Kier alpha value is -1.14. The minimum Gasteiger partial charge on any atom is -0.480 e. The minimum absolute atomic E-state index is 0.00675. The summed E-state index contributed by atoms with van der Waals surface area (Å²) in [5.41, 5.74) is 0. The van der Waals surface area contributed by atoms with E-state index >= 15 is 0 Å². The van der Waals surface area contributed by atoms with Crippen LogP contribution in [0.1, 0.15) is 13.3 Å². The van der Waals surface area contributed by atoms with Gasteiger partial charge in [0.25, 0.3) is 0 Å². The van der Waals surface area contributed by atoms with Crippen LogP contribution in [-0.2, 0) is 14.3 Å². The molecule has 0 spiro atoms. The van der Waals surface area contributed by atoms with Crippen molar-refractivity contribution >= 4 is 11.9 Å². The zero-order valence-corrected chi connectivity index (χ0v) is 8.02. The highest BCUT2D eigenvalue weighted by Gasteiger charge is 2.18. The molecule has 0 rings (SSSR count). The fraction of sp³-hybridized carbons (Fsp3) is 0.750. The van der Waals surface area contributed by atoms with E-state index in [1.807, 2.05) is 0 Å². The molecule has 82 valence electrons. The van der Waals surface area contributed by atoms with E-state index in [1.165, 1.54) is 0 Å². The molecule has 0 bridgehead atoms. The highest BCUT2D eigenvalue weighted by molar-refractivity contribution is 5.84. The van der Waals surface area contributed by atoms with E-state index in [9.17, 15) is 9.59 Å². The summed E-state index contributed by atoms with van der Waals surface area (Å²) in [5, 5.41) is 19.4. The van der Waals surface area contributed by atoms with E-state index in [0.717, 1.165) is 0 Å². The summed E-state index contributed by atoms with van der Waals surface area (Å²) in [6, 6.07) is -1.05. The third kappa shape index (κ3) is 5.50. The Balaban J connectivity index is 3.90. The molecule has 6 heteroatoms. The molecular weight excluding hydrogens is 190 g/mol. The quantitative estimate of drug-likeness (QED) is 0.494. The smallest absolute Gasteiger partial charge is 0.326 e. The van der Waals surface area contributed by atoms with Crippen molar-refractivity contribution in [3.05, 3.63) is 0 Å². The predicted octanol–water partition coefficient (Wildman–Crippen LogP) is -1.03. The number of carboxylic acids is 1. The zero-order valence-electron chi connectivity index (χ0n) is 8.02. The third-order valence-corrected chi connectivity index (χ3v) is 1.49. The molecule has 0 heterocycles. The lowest BCUT2D eigenvalue weighted by Crippen LogP contribution is -2.43. The van der Waals surface area contributed by atoms with Crippen molar-refractivity contribution in [3.63, 3.8) is 0 Å². The molecule has 0 aromatic rings. The fourth-order valence-electron chi connectivity index (χ4n) is 0.817. The molecule has 0 aliphatic heterocycles. The summed E-state index contributed by atoms with van der Waals surface area (Å²) in [6.45, 7) is 1.68. The first kappa shape index (κ1) is 12.9. The maximum Gasteiger partial charge on any atom is 0.326 e. The lowest BCUT2D eigenvalue weighted by molar-refractivity contribution is -0.143. The van der Waals surface area contributed by atoms with Crippen LogP contribution in [0.4, 0.5) is 0 Å². The second-order valence-corrected chi connectivity index (χ2v) is 2.61. The van der Waals surface area contributed by atoms with E-state index in [4.69, 9.17) is 14.9 Å². The van der Waals surface area contributed by atoms with Crippen LogP contribution in [0.3, 0.4) is 0 Å². The summed E-state index contributed by atoms with van der Waals surface area (Å²) in [7, 11) is 0. The number of aliphatic hydroxyl groups is 1. The lowest BCUT2D eigenvalue weighted by Gasteiger charge is -2.12. The van der Waals surface area contributed by atoms with Gasteiger partial charge in [-0.05, 0) is 6.92 Å². The van der Waals surface area contributed by atoms with Crippen molar-refractivity contribution in [2.75, 3.05) is 19.8 Å². The van der Waals surface area contributed by atoms with Crippen molar-refractivity contribution in [1.82, 2.24) is 5.32 Å². The molecule has 0 aromatic carbocycles. The second kappa shape index (κ2) is 7.28. The first-order valence-electron chi connectivity index (χ1n) is 4.32. The molecule has 14 heavy (non-hydrogen) atoms. The summed E-state index contributed by atoms with van der Waals surface area (Å²) >= 11 is 0. The third-order valence-electron chi connectivity index (χ3n) is 1.49. The first-order valence-corrected chi connectivity index (χ1v) is 4.32. The van der Waals surface area contributed by atoms with Gasteiger partial charge in [0, 0.05) is 19.6 Å². The number of ether oxygens (including phenoxy) is 1. The van der Waals surface area contributed by atoms with Crippen molar-refractivity contribution < 1.29 is 24.5 Å². The molecule has 6 nitrogen and oxygen atoms in total. The van der Waals surface area contributed by atoms with Gasteiger partial charge in [-0.15, -0.1) is 0 Å². The van der Waals surface area contributed by atoms with Crippen LogP contribution in [0, 0.1) is 0 Å². The van der Waals surface area contributed by atoms with Crippen LogP contribution in [0.15, 0.2) is 0 Å². The zero-order chi connectivity index (χ0) is 11.0. The molecule has 0 saturated heterocycles. The summed E-state index contributed by atoms with van der Waals surface area (Å²) in [4.78, 5) is 21.5. The number of amides is 1. The number of aliphatic carboxylic acids is 1. The van der Waals surface area contributed by atoms with Crippen molar-refractivity contribution in [2.45, 2.75) is 19.4 Å². The number of carbonyl (C=O) groups is 2. The van der Waals surface area contributed by atoms with Crippen molar-refractivity contribution in [2.24, 2.45) is 0 Å². The largest absolute Gasteiger partial charge is 0.480 e. The van der Waals surface area contributed by atoms with Gasteiger partial charge in [0.2, 0.25) is 5.91 Å². The van der Waals surface area contributed by atoms with Crippen LogP contribution >= 0.6 is 0 Å². The average molecular weight is 205 g/mol. The topological polar surface area (TPSA) is 95.9 Å². The van der Waals surface area contributed by atoms with Gasteiger partial charge >= 0.3 is 5.97 Å². The summed E-state index contributed by atoms with van der Waals surface area (Å²) < 4.78 is 4.79. The highest BCUT2D eigenvalue weighted by atomic mass is 16.5. The van der Waals surface area contributed by atoms with Crippen LogP contribution in [0.2, 0.25) is 0 Å². The van der Waals surface area contributed by atoms with Crippen LogP contribution in [0.5, 0.6) is 0 Å². The number of carbonyl (C=O) groups excluding carboxylic acids is 1. The average Bonchev–Trinajstić information content (AvgIpc) is 2.14. The van der Waals surface area contributed by atoms with Gasteiger partial charge in [-0.3, -0.25) is 4.79 Å². The Bertz CT molecular complexity index is 194. The number of hydrogen-bond donors (Lipinski definition) is 3. The van der Waals surface area contributed by atoms with Gasteiger partial charge < -0.3 is 20.3 Å². The van der Waals surface area contributed by atoms with Gasteiger partial charge in [0.1, 0.15) is 12.6 Å². The molecule has 0 radical (unpaired) electrons. The Morgan fingerprint density at radius 3 is 2.57 bits per heavy atom. The second-order valence-electron chi connectivity index (χ2n) is 2.61. The van der Waals surface area contributed by atoms with Gasteiger partial charge in [-0.25, -0.2) is 4.79 Å². The van der Waals surface area contributed by atoms with Gasteiger partial charge in [0.15, 0.2) is 0 Å². The SMILES string of the molecule is CCOCC(=O)N[C@H](CCO)C(=O)O. The maximum absolute atomic E-state index is 11.0. The van der Waals surface area contributed by atoms with Crippen LogP contribution < -0.4 is 5.32 Å². The predicted molar refractivity (Wildman–Crippen MR) is 47.8 cm³/mol. The first-order chi connectivity index (χ1) is 6.61. The Labute approximate surface area is 81.9 Å². The standard InChI is InChI=1S/C8H15NO5/c1-2-14-5-7(11)9-6(3-4-10)8(12)13/h6,10H,2-5H2,1H3,(H,9,11)(H,12,13)/t6-/m1/s1. The number of nitrogens with one attached hydrogen (secondary N) is 1. The Morgan fingerprint density at radius 2 is 2.14 bits per heavy atom. The van der Waals surface area contributed by atoms with Crippen LogP contribution in [-0.4, -0.2) is 48.0 Å². The molecule has 0 aromatic heterocycles. The maximum atomic E-state index is 11.0. The Morgan fingerprint density at radius 1 is 1.50 bits per heavy atom. The molecule has 0 unspecified atom stereocenters. The fourth-order valence-corrected chi connectivity index (χ4v) is 0.817. The van der Waals surface area contributed by atoms with Crippen molar-refractivity contribution in [1.29, 1.82) is 0 Å².